The largest absolute Gasteiger partial charge is 0.389 e. The molecule has 1 aliphatic heterocycles. The Balaban J connectivity index is 1.69. The molecule has 6 heteroatoms. The summed E-state index contributed by atoms with van der Waals surface area (Å²) in [5.74, 6) is -0.208. The fourth-order valence-electron chi connectivity index (χ4n) is 3.48. The molecule has 1 aliphatic rings. The highest BCUT2D eigenvalue weighted by Crippen LogP contribution is 2.31. The van der Waals surface area contributed by atoms with E-state index in [1.165, 1.54) is 0 Å². The number of fused-ring (bicyclic) bond motifs is 1. The van der Waals surface area contributed by atoms with E-state index in [9.17, 15) is 9.90 Å². The van der Waals surface area contributed by atoms with Gasteiger partial charge in [-0.25, -0.2) is 4.98 Å². The minimum atomic E-state index is -0.798. The Morgan fingerprint density at radius 3 is 2.92 bits per heavy atom. The number of amides is 1. The maximum absolute atomic E-state index is 12.9. The summed E-state index contributed by atoms with van der Waals surface area (Å²) >= 11 is 0. The molecule has 25 heavy (non-hydrogen) atoms. The van der Waals surface area contributed by atoms with Gasteiger partial charge in [0.2, 0.25) is 0 Å². The van der Waals surface area contributed by atoms with E-state index in [1.807, 2.05) is 40.8 Å². The Bertz CT molecular complexity index is 893. The topological polar surface area (TPSA) is 78.7 Å². The van der Waals surface area contributed by atoms with Crippen LogP contribution in [0, 0.1) is 0 Å². The van der Waals surface area contributed by atoms with Crippen LogP contribution in [0.3, 0.4) is 0 Å². The molecular weight excluding hydrogens is 316 g/mol. The predicted octanol–water partition coefficient (Wildman–Crippen LogP) is 1.31. The zero-order valence-corrected chi connectivity index (χ0v) is 13.7. The van der Waals surface area contributed by atoms with Gasteiger partial charge in [0, 0.05) is 25.1 Å². The van der Waals surface area contributed by atoms with Gasteiger partial charge in [-0.1, -0.05) is 30.3 Å². The van der Waals surface area contributed by atoms with Gasteiger partial charge in [-0.05, 0) is 30.7 Å². The molecule has 3 aromatic rings. The minimum Gasteiger partial charge on any atom is -0.389 e. The third-order valence-corrected chi connectivity index (χ3v) is 4.88. The second-order valence-corrected chi connectivity index (χ2v) is 6.37. The fraction of sp³-hybridized carbons (Fsp3) is 0.263. The zero-order valence-electron chi connectivity index (χ0n) is 13.7. The molecule has 6 nitrogen and oxygen atoms in total. The molecule has 1 fully saturated rings. The van der Waals surface area contributed by atoms with Crippen LogP contribution in [0.25, 0.3) is 5.65 Å². The summed E-state index contributed by atoms with van der Waals surface area (Å²) in [7, 11) is 0. The molecule has 1 saturated heterocycles. The summed E-state index contributed by atoms with van der Waals surface area (Å²) in [5.41, 5.74) is 1.44. The summed E-state index contributed by atoms with van der Waals surface area (Å²) in [6.07, 6.45) is 5.17. The SMILES string of the molecule is O=C(N[C@]1(c2ccccc2)CCNC[C@H]1O)c1ccc2nccn2c1. The first-order chi connectivity index (χ1) is 12.2. The normalized spacial score (nSPS) is 23.5. The fourth-order valence-corrected chi connectivity index (χ4v) is 3.48. The van der Waals surface area contributed by atoms with Crippen molar-refractivity contribution in [3.8, 4) is 0 Å². The summed E-state index contributed by atoms with van der Waals surface area (Å²) < 4.78 is 1.81. The number of aliphatic hydroxyl groups is 1. The van der Waals surface area contributed by atoms with Gasteiger partial charge in [-0.3, -0.25) is 4.79 Å². The van der Waals surface area contributed by atoms with E-state index < -0.39 is 11.6 Å². The Hall–Kier alpha value is -2.70. The number of hydrogen-bond donors (Lipinski definition) is 3. The molecule has 0 radical (unpaired) electrons. The molecule has 3 heterocycles. The number of nitrogens with one attached hydrogen (secondary N) is 2. The quantitative estimate of drug-likeness (QED) is 0.674. The highest BCUT2D eigenvalue weighted by molar-refractivity contribution is 5.94. The van der Waals surface area contributed by atoms with Crippen LogP contribution in [0.4, 0.5) is 0 Å². The van der Waals surface area contributed by atoms with E-state index in [2.05, 4.69) is 15.6 Å². The van der Waals surface area contributed by atoms with E-state index in [1.54, 1.807) is 24.7 Å². The van der Waals surface area contributed by atoms with Gasteiger partial charge in [0.25, 0.3) is 5.91 Å². The second-order valence-electron chi connectivity index (χ2n) is 6.37. The molecular formula is C19H20N4O2. The number of imidazole rings is 1. The van der Waals surface area contributed by atoms with Gasteiger partial charge in [0.15, 0.2) is 0 Å². The Kier molecular flexibility index (Phi) is 3.99. The third-order valence-electron chi connectivity index (χ3n) is 4.88. The molecule has 0 saturated carbocycles. The molecule has 2 atom stereocenters. The van der Waals surface area contributed by atoms with E-state index in [0.29, 0.717) is 18.5 Å². The van der Waals surface area contributed by atoms with Crippen molar-refractivity contribution in [2.75, 3.05) is 13.1 Å². The van der Waals surface area contributed by atoms with Gasteiger partial charge < -0.3 is 20.1 Å². The molecule has 0 spiro atoms. The number of aliphatic hydroxyl groups excluding tert-OH is 1. The number of β-amino-alcohol motifs (C(OH)–C–C–N with tert-alkyl or cyclic N) is 1. The van der Waals surface area contributed by atoms with Crippen LogP contribution in [0.15, 0.2) is 61.1 Å². The number of pyridine rings is 1. The number of carbonyl (C=O) groups is 1. The number of rotatable bonds is 3. The highest BCUT2D eigenvalue weighted by atomic mass is 16.3. The summed E-state index contributed by atoms with van der Waals surface area (Å²) in [6, 6.07) is 13.2. The number of piperidine rings is 1. The Morgan fingerprint density at radius 1 is 1.28 bits per heavy atom. The summed E-state index contributed by atoms with van der Waals surface area (Å²) in [6.45, 7) is 1.17. The lowest BCUT2D eigenvalue weighted by molar-refractivity contribution is 0.0289. The molecule has 0 unspecified atom stereocenters. The molecule has 3 N–H and O–H groups in total. The van der Waals surface area contributed by atoms with Gasteiger partial charge in [0.05, 0.1) is 17.2 Å². The van der Waals surface area contributed by atoms with Crippen molar-refractivity contribution in [1.29, 1.82) is 0 Å². The predicted molar refractivity (Wildman–Crippen MR) is 94.3 cm³/mol. The van der Waals surface area contributed by atoms with Crippen molar-refractivity contribution in [1.82, 2.24) is 20.0 Å². The standard InChI is InChI=1S/C19H20N4O2/c24-16-12-20-9-8-19(16,15-4-2-1-3-5-15)22-18(25)14-6-7-17-21-10-11-23(17)13-14/h1-7,10-11,13,16,20,24H,8-9,12H2,(H,22,25)/t16-,19+/m1/s1. The Morgan fingerprint density at radius 2 is 2.12 bits per heavy atom. The van der Waals surface area contributed by atoms with Crippen LogP contribution in [0.5, 0.6) is 0 Å². The monoisotopic (exact) mass is 336 g/mol. The lowest BCUT2D eigenvalue weighted by atomic mass is 9.79. The molecule has 0 bridgehead atoms. The number of aromatic nitrogens is 2. The molecule has 128 valence electrons. The number of hydrogen-bond acceptors (Lipinski definition) is 4. The first-order valence-corrected chi connectivity index (χ1v) is 8.39. The van der Waals surface area contributed by atoms with Gasteiger partial charge >= 0.3 is 0 Å². The molecule has 0 aliphatic carbocycles. The van der Waals surface area contributed by atoms with Crippen molar-refractivity contribution in [2.24, 2.45) is 0 Å². The highest BCUT2D eigenvalue weighted by Gasteiger charge is 2.42. The minimum absolute atomic E-state index is 0.208. The van der Waals surface area contributed by atoms with Crippen molar-refractivity contribution in [3.05, 3.63) is 72.2 Å². The van der Waals surface area contributed by atoms with Crippen molar-refractivity contribution in [2.45, 2.75) is 18.1 Å². The van der Waals surface area contributed by atoms with Gasteiger partial charge in [0.1, 0.15) is 5.65 Å². The second kappa shape index (κ2) is 6.31. The van der Waals surface area contributed by atoms with Gasteiger partial charge in [-0.15, -0.1) is 0 Å². The summed E-state index contributed by atoms with van der Waals surface area (Å²) in [4.78, 5) is 17.1. The van der Waals surface area contributed by atoms with E-state index in [4.69, 9.17) is 0 Å². The van der Waals surface area contributed by atoms with Crippen LogP contribution >= 0.6 is 0 Å². The average molecular weight is 336 g/mol. The van der Waals surface area contributed by atoms with Crippen LogP contribution in [0.2, 0.25) is 0 Å². The molecule has 4 rings (SSSR count). The Labute approximate surface area is 145 Å². The smallest absolute Gasteiger partial charge is 0.253 e. The van der Waals surface area contributed by atoms with Crippen LogP contribution < -0.4 is 10.6 Å². The van der Waals surface area contributed by atoms with E-state index in [0.717, 1.165) is 17.8 Å². The summed E-state index contributed by atoms with van der Waals surface area (Å²) in [5, 5.41) is 17.0. The maximum Gasteiger partial charge on any atom is 0.253 e. The average Bonchev–Trinajstić information content (AvgIpc) is 3.12. The number of nitrogens with zero attached hydrogens (tertiary/aromatic N) is 2. The van der Waals surface area contributed by atoms with Crippen molar-refractivity contribution in [3.63, 3.8) is 0 Å². The van der Waals surface area contributed by atoms with Crippen molar-refractivity contribution < 1.29 is 9.90 Å². The van der Waals surface area contributed by atoms with E-state index in [-0.39, 0.29) is 5.91 Å². The number of benzene rings is 1. The van der Waals surface area contributed by atoms with Crippen LogP contribution in [-0.2, 0) is 5.54 Å². The molecule has 2 aromatic heterocycles. The van der Waals surface area contributed by atoms with Crippen LogP contribution in [0.1, 0.15) is 22.3 Å². The lowest BCUT2D eigenvalue weighted by Gasteiger charge is -2.43. The molecule has 1 aromatic carbocycles. The van der Waals surface area contributed by atoms with Crippen LogP contribution in [-0.4, -0.2) is 39.6 Å². The van der Waals surface area contributed by atoms with E-state index >= 15 is 0 Å². The first-order valence-electron chi connectivity index (χ1n) is 8.39. The van der Waals surface area contributed by atoms with Gasteiger partial charge in [-0.2, -0.15) is 0 Å². The number of carbonyl (C=O) groups excluding carboxylic acids is 1. The van der Waals surface area contributed by atoms with Crippen molar-refractivity contribution >= 4 is 11.6 Å². The zero-order chi connectivity index (χ0) is 17.3. The third kappa shape index (κ3) is 2.79. The maximum atomic E-state index is 12.9. The lowest BCUT2D eigenvalue weighted by Crippen LogP contribution is -2.61. The molecule has 1 amide bonds. The first kappa shape index (κ1) is 15.8.